The zero-order valence-corrected chi connectivity index (χ0v) is 7.84. The average Bonchev–Trinajstić information content (AvgIpc) is 2.32. The van der Waals surface area contributed by atoms with Gasteiger partial charge in [-0.1, -0.05) is 12.7 Å². The predicted octanol–water partition coefficient (Wildman–Crippen LogP) is 2.32. The minimum atomic E-state index is -3.55. The average molecular weight is 209 g/mol. The Hall–Kier alpha value is -0.320. The molecule has 1 heterocycles. The van der Waals surface area contributed by atoms with Gasteiger partial charge in [0, 0.05) is 15.6 Å². The molecular weight excluding hydrogens is 204 g/mol. The van der Waals surface area contributed by atoms with Crippen molar-refractivity contribution in [2.75, 3.05) is 0 Å². The Morgan fingerprint density at radius 3 is 2.45 bits per heavy atom. The van der Waals surface area contributed by atoms with Gasteiger partial charge in [-0.3, -0.25) is 0 Å². The van der Waals surface area contributed by atoms with Crippen molar-refractivity contribution in [3.8, 4) is 0 Å². The monoisotopic (exact) mass is 208 g/mol. The van der Waals surface area contributed by atoms with Crippen LogP contribution in [0.4, 0.5) is 0 Å². The molecule has 0 aliphatic rings. The summed E-state index contributed by atoms with van der Waals surface area (Å²) >= 11 is 1.10. The second-order valence-corrected chi connectivity index (χ2v) is 5.71. The van der Waals surface area contributed by atoms with Crippen molar-refractivity contribution in [1.82, 2.24) is 0 Å². The first-order valence-electron chi connectivity index (χ1n) is 2.71. The van der Waals surface area contributed by atoms with Crippen LogP contribution in [0.25, 0.3) is 6.08 Å². The van der Waals surface area contributed by atoms with Crippen LogP contribution in [0.5, 0.6) is 0 Å². The molecule has 2 nitrogen and oxygen atoms in total. The van der Waals surface area contributed by atoms with Crippen LogP contribution < -0.4 is 0 Å². The molecule has 0 aliphatic heterocycles. The molecule has 0 saturated carbocycles. The Morgan fingerprint density at radius 1 is 1.55 bits per heavy atom. The van der Waals surface area contributed by atoms with Crippen LogP contribution in [-0.4, -0.2) is 8.42 Å². The molecule has 11 heavy (non-hydrogen) atoms. The van der Waals surface area contributed by atoms with Gasteiger partial charge in [-0.15, -0.1) is 11.3 Å². The Bertz CT molecular complexity index is 364. The quantitative estimate of drug-likeness (QED) is 0.699. The van der Waals surface area contributed by atoms with Gasteiger partial charge in [-0.05, 0) is 12.1 Å². The van der Waals surface area contributed by atoms with Crippen LogP contribution in [0.1, 0.15) is 4.88 Å². The predicted molar refractivity (Wildman–Crippen MR) is 47.4 cm³/mol. The topological polar surface area (TPSA) is 34.1 Å². The van der Waals surface area contributed by atoms with Crippen molar-refractivity contribution in [3.63, 3.8) is 0 Å². The van der Waals surface area contributed by atoms with Crippen molar-refractivity contribution < 1.29 is 8.42 Å². The summed E-state index contributed by atoms with van der Waals surface area (Å²) in [6, 6.07) is 3.12. The zero-order chi connectivity index (χ0) is 8.48. The van der Waals surface area contributed by atoms with E-state index in [0.29, 0.717) is 0 Å². The lowest BCUT2D eigenvalue weighted by Gasteiger charge is -1.84. The number of hydrogen-bond acceptors (Lipinski definition) is 3. The van der Waals surface area contributed by atoms with Crippen molar-refractivity contribution in [3.05, 3.63) is 23.6 Å². The van der Waals surface area contributed by atoms with Crippen molar-refractivity contribution in [2.45, 2.75) is 4.21 Å². The van der Waals surface area contributed by atoms with Crippen LogP contribution in [0.15, 0.2) is 22.9 Å². The summed E-state index contributed by atoms with van der Waals surface area (Å²) in [5.74, 6) is 0. The summed E-state index contributed by atoms with van der Waals surface area (Å²) in [6.07, 6.45) is 1.58. The summed E-state index contributed by atoms with van der Waals surface area (Å²) in [5, 5.41) is 0. The van der Waals surface area contributed by atoms with Gasteiger partial charge in [0.05, 0.1) is 0 Å². The number of rotatable bonds is 2. The Labute approximate surface area is 73.5 Å². The van der Waals surface area contributed by atoms with Crippen LogP contribution in [0, 0.1) is 0 Å². The molecule has 0 N–H and O–H groups in total. The summed E-state index contributed by atoms with van der Waals surface area (Å²) in [6.45, 7) is 3.50. The highest BCUT2D eigenvalue weighted by Gasteiger charge is 2.11. The molecule has 0 bridgehead atoms. The third-order valence-corrected chi connectivity index (χ3v) is 4.22. The third kappa shape index (κ3) is 2.05. The Balaban J connectivity index is 3.18. The number of hydrogen-bond donors (Lipinski definition) is 0. The van der Waals surface area contributed by atoms with Gasteiger partial charge >= 0.3 is 0 Å². The van der Waals surface area contributed by atoms with Gasteiger partial charge in [0.2, 0.25) is 0 Å². The van der Waals surface area contributed by atoms with E-state index in [1.807, 2.05) is 0 Å². The fourth-order valence-corrected chi connectivity index (χ4v) is 2.52. The molecular formula is C6H5ClO2S2. The molecule has 0 saturated heterocycles. The van der Waals surface area contributed by atoms with Gasteiger partial charge in [0.15, 0.2) is 0 Å². The van der Waals surface area contributed by atoms with Crippen LogP contribution in [-0.2, 0) is 9.05 Å². The van der Waals surface area contributed by atoms with Gasteiger partial charge in [-0.2, -0.15) is 0 Å². The lowest BCUT2D eigenvalue weighted by Crippen LogP contribution is -1.82. The maximum Gasteiger partial charge on any atom is 0.270 e. The molecule has 1 aromatic heterocycles. The van der Waals surface area contributed by atoms with Gasteiger partial charge in [0.1, 0.15) is 4.21 Å². The molecule has 1 rings (SSSR count). The first-order valence-corrected chi connectivity index (χ1v) is 5.83. The van der Waals surface area contributed by atoms with Crippen molar-refractivity contribution in [1.29, 1.82) is 0 Å². The highest BCUT2D eigenvalue weighted by Crippen LogP contribution is 2.24. The van der Waals surface area contributed by atoms with Gasteiger partial charge < -0.3 is 0 Å². The van der Waals surface area contributed by atoms with E-state index in [0.717, 1.165) is 16.2 Å². The first-order chi connectivity index (χ1) is 5.04. The second-order valence-electron chi connectivity index (χ2n) is 1.80. The normalized spacial score (nSPS) is 11.4. The minimum Gasteiger partial charge on any atom is -0.206 e. The van der Waals surface area contributed by atoms with E-state index in [-0.39, 0.29) is 4.21 Å². The lowest BCUT2D eigenvalue weighted by atomic mass is 10.5. The molecule has 1 aromatic rings. The largest absolute Gasteiger partial charge is 0.270 e. The minimum absolute atomic E-state index is 0.161. The van der Waals surface area contributed by atoms with Crippen LogP contribution in [0.2, 0.25) is 0 Å². The lowest BCUT2D eigenvalue weighted by molar-refractivity contribution is 0.611. The molecule has 0 amide bonds. The van der Waals surface area contributed by atoms with E-state index in [1.54, 1.807) is 12.1 Å². The van der Waals surface area contributed by atoms with Crippen LogP contribution >= 0.6 is 22.0 Å². The maximum absolute atomic E-state index is 10.7. The SMILES string of the molecule is C=Cc1ccc(S(=O)(=O)Cl)s1. The Morgan fingerprint density at radius 2 is 2.18 bits per heavy atom. The molecule has 60 valence electrons. The molecule has 0 fully saturated rings. The van der Waals surface area contributed by atoms with Gasteiger partial charge in [0.25, 0.3) is 9.05 Å². The molecule has 0 unspecified atom stereocenters. The first kappa shape index (κ1) is 8.77. The summed E-state index contributed by atoms with van der Waals surface area (Å²) in [5.41, 5.74) is 0. The van der Waals surface area contributed by atoms with Crippen molar-refractivity contribution >= 4 is 37.1 Å². The fourth-order valence-electron chi connectivity index (χ4n) is 0.575. The van der Waals surface area contributed by atoms with E-state index < -0.39 is 9.05 Å². The van der Waals surface area contributed by atoms with E-state index in [1.165, 1.54) is 6.07 Å². The summed E-state index contributed by atoms with van der Waals surface area (Å²) < 4.78 is 21.6. The molecule has 0 radical (unpaired) electrons. The third-order valence-electron chi connectivity index (χ3n) is 1.04. The van der Waals surface area contributed by atoms with E-state index in [4.69, 9.17) is 10.7 Å². The summed E-state index contributed by atoms with van der Waals surface area (Å²) in [4.78, 5) is 0.796. The molecule has 0 aromatic carbocycles. The molecule has 0 atom stereocenters. The molecule has 0 spiro atoms. The molecule has 5 heteroatoms. The van der Waals surface area contributed by atoms with Crippen LogP contribution in [0.3, 0.4) is 0 Å². The van der Waals surface area contributed by atoms with Gasteiger partial charge in [-0.25, -0.2) is 8.42 Å². The Kier molecular flexibility index (Phi) is 2.37. The molecule has 0 aliphatic carbocycles. The van der Waals surface area contributed by atoms with E-state index in [9.17, 15) is 8.42 Å². The zero-order valence-electron chi connectivity index (χ0n) is 5.45. The highest BCUT2D eigenvalue weighted by molar-refractivity contribution is 8.15. The smallest absolute Gasteiger partial charge is 0.206 e. The number of thiophene rings is 1. The fraction of sp³-hybridized carbons (Fsp3) is 0. The number of halogens is 1. The van der Waals surface area contributed by atoms with E-state index in [2.05, 4.69) is 6.58 Å². The maximum atomic E-state index is 10.7. The van der Waals surface area contributed by atoms with Crippen molar-refractivity contribution in [2.24, 2.45) is 0 Å². The highest BCUT2D eigenvalue weighted by atomic mass is 35.7. The van der Waals surface area contributed by atoms with E-state index >= 15 is 0 Å². The second kappa shape index (κ2) is 2.97. The summed E-state index contributed by atoms with van der Waals surface area (Å²) in [7, 11) is 1.53. The standard InChI is InChI=1S/C6H5ClO2S2/c1-2-5-3-4-6(10-5)11(7,8)9/h2-4H,1H2.